The van der Waals surface area contributed by atoms with Crippen molar-refractivity contribution in [2.45, 2.75) is 45.6 Å². The van der Waals surface area contributed by atoms with Gasteiger partial charge in [-0.1, -0.05) is 25.4 Å². The van der Waals surface area contributed by atoms with Crippen LogP contribution < -0.4 is 4.90 Å². The van der Waals surface area contributed by atoms with E-state index in [2.05, 4.69) is 28.7 Å². The van der Waals surface area contributed by atoms with Gasteiger partial charge in [-0.05, 0) is 25.7 Å². The van der Waals surface area contributed by atoms with Gasteiger partial charge in [-0.2, -0.15) is 0 Å². The number of hydrogen-bond acceptors (Lipinski definition) is 4. The second kappa shape index (κ2) is 6.53. The molecule has 106 valence electrons. The lowest BCUT2D eigenvalue weighted by atomic mass is 10.0. The van der Waals surface area contributed by atoms with Crippen molar-refractivity contribution in [2.75, 3.05) is 24.6 Å². The number of aromatic nitrogens is 2. The molecule has 0 amide bonds. The van der Waals surface area contributed by atoms with E-state index in [9.17, 15) is 0 Å². The Kier molecular flexibility index (Phi) is 4.99. The fourth-order valence-electron chi connectivity index (χ4n) is 2.62. The minimum absolute atomic E-state index is 0.299. The van der Waals surface area contributed by atoms with E-state index in [1.54, 1.807) is 6.33 Å². The molecule has 1 saturated heterocycles. The molecule has 0 aromatic carbocycles. The van der Waals surface area contributed by atoms with Gasteiger partial charge in [0.05, 0.1) is 6.10 Å². The van der Waals surface area contributed by atoms with E-state index in [0.717, 1.165) is 43.9 Å². The van der Waals surface area contributed by atoms with E-state index < -0.39 is 0 Å². The standard InChI is InChI=1S/C14H22ClN3O/c1-4-19-11-6-5-7-18(8-11)14-12(10(2)3)13(15)16-9-17-14/h9-11H,4-8H2,1-3H3. The third-order valence-electron chi connectivity index (χ3n) is 3.47. The molecule has 19 heavy (non-hydrogen) atoms. The first-order valence-corrected chi connectivity index (χ1v) is 7.38. The summed E-state index contributed by atoms with van der Waals surface area (Å²) in [6, 6.07) is 0. The zero-order valence-electron chi connectivity index (χ0n) is 11.9. The van der Waals surface area contributed by atoms with Crippen LogP contribution in [-0.4, -0.2) is 35.8 Å². The van der Waals surface area contributed by atoms with Gasteiger partial charge < -0.3 is 9.64 Å². The third-order valence-corrected chi connectivity index (χ3v) is 3.77. The molecule has 0 bridgehead atoms. The fourth-order valence-corrected chi connectivity index (χ4v) is 2.96. The molecular weight excluding hydrogens is 262 g/mol. The van der Waals surface area contributed by atoms with Crippen molar-refractivity contribution in [3.05, 3.63) is 17.0 Å². The third kappa shape index (κ3) is 3.37. The van der Waals surface area contributed by atoms with Crippen LogP contribution in [0.15, 0.2) is 6.33 Å². The number of rotatable bonds is 4. The molecule has 1 aromatic rings. The maximum absolute atomic E-state index is 6.23. The smallest absolute Gasteiger partial charge is 0.138 e. The van der Waals surface area contributed by atoms with E-state index in [-0.39, 0.29) is 0 Å². The maximum Gasteiger partial charge on any atom is 0.138 e. The van der Waals surface area contributed by atoms with Gasteiger partial charge in [-0.3, -0.25) is 0 Å². The van der Waals surface area contributed by atoms with Crippen LogP contribution in [0.5, 0.6) is 0 Å². The number of piperidine rings is 1. The molecule has 1 fully saturated rings. The molecule has 1 unspecified atom stereocenters. The van der Waals surface area contributed by atoms with Crippen molar-refractivity contribution in [1.29, 1.82) is 0 Å². The Balaban J connectivity index is 2.23. The first-order chi connectivity index (χ1) is 9.13. The van der Waals surface area contributed by atoms with E-state index >= 15 is 0 Å². The van der Waals surface area contributed by atoms with Gasteiger partial charge in [0.2, 0.25) is 0 Å². The van der Waals surface area contributed by atoms with Crippen molar-refractivity contribution < 1.29 is 4.74 Å². The normalized spacial score (nSPS) is 20.1. The van der Waals surface area contributed by atoms with Gasteiger partial charge in [0.1, 0.15) is 17.3 Å². The minimum atomic E-state index is 0.299. The second-order valence-electron chi connectivity index (χ2n) is 5.22. The lowest BCUT2D eigenvalue weighted by Gasteiger charge is -2.34. The van der Waals surface area contributed by atoms with Crippen LogP contribution in [0, 0.1) is 0 Å². The van der Waals surface area contributed by atoms with Crippen LogP contribution in [-0.2, 0) is 4.74 Å². The molecule has 1 aromatic heterocycles. The molecule has 0 N–H and O–H groups in total. The van der Waals surface area contributed by atoms with Gasteiger partial charge in [-0.25, -0.2) is 9.97 Å². The SMILES string of the molecule is CCOC1CCCN(c2ncnc(Cl)c2C(C)C)C1. The Labute approximate surface area is 120 Å². The molecule has 5 heteroatoms. The van der Waals surface area contributed by atoms with Crippen LogP contribution in [0.25, 0.3) is 0 Å². The summed E-state index contributed by atoms with van der Waals surface area (Å²) in [5, 5.41) is 0.568. The maximum atomic E-state index is 6.23. The zero-order valence-corrected chi connectivity index (χ0v) is 12.7. The second-order valence-corrected chi connectivity index (χ2v) is 5.58. The molecule has 0 spiro atoms. The average molecular weight is 284 g/mol. The Morgan fingerprint density at radius 2 is 2.26 bits per heavy atom. The number of halogens is 1. The summed E-state index contributed by atoms with van der Waals surface area (Å²) < 4.78 is 5.75. The quantitative estimate of drug-likeness (QED) is 0.795. The molecule has 1 atom stereocenters. The Morgan fingerprint density at radius 1 is 1.47 bits per heavy atom. The van der Waals surface area contributed by atoms with Crippen LogP contribution in [0.4, 0.5) is 5.82 Å². The van der Waals surface area contributed by atoms with Crippen molar-refractivity contribution in [3.8, 4) is 0 Å². The number of anilines is 1. The number of nitrogens with zero attached hydrogens (tertiary/aromatic N) is 3. The topological polar surface area (TPSA) is 38.2 Å². The summed E-state index contributed by atoms with van der Waals surface area (Å²) in [6.45, 7) is 8.95. The monoisotopic (exact) mass is 283 g/mol. The Bertz CT molecular complexity index is 423. The molecule has 1 aliphatic heterocycles. The van der Waals surface area contributed by atoms with Gasteiger partial charge in [0.15, 0.2) is 0 Å². The van der Waals surface area contributed by atoms with Crippen molar-refractivity contribution in [1.82, 2.24) is 9.97 Å². The van der Waals surface area contributed by atoms with E-state index in [4.69, 9.17) is 16.3 Å². The number of hydrogen-bond donors (Lipinski definition) is 0. The summed E-state index contributed by atoms with van der Waals surface area (Å²) in [4.78, 5) is 10.8. The average Bonchev–Trinajstić information content (AvgIpc) is 2.38. The molecule has 2 heterocycles. The molecule has 4 nitrogen and oxygen atoms in total. The van der Waals surface area contributed by atoms with Crippen LogP contribution in [0.2, 0.25) is 5.15 Å². The molecule has 2 rings (SSSR count). The Morgan fingerprint density at radius 3 is 2.95 bits per heavy atom. The van der Waals surface area contributed by atoms with E-state index in [0.29, 0.717) is 17.2 Å². The largest absolute Gasteiger partial charge is 0.377 e. The van der Waals surface area contributed by atoms with Crippen LogP contribution >= 0.6 is 11.6 Å². The molecule has 0 saturated carbocycles. The van der Waals surface area contributed by atoms with Gasteiger partial charge in [0, 0.05) is 25.3 Å². The van der Waals surface area contributed by atoms with Crippen molar-refractivity contribution in [3.63, 3.8) is 0 Å². The van der Waals surface area contributed by atoms with E-state index in [1.165, 1.54) is 0 Å². The highest BCUT2D eigenvalue weighted by molar-refractivity contribution is 6.30. The van der Waals surface area contributed by atoms with Gasteiger partial charge in [-0.15, -0.1) is 0 Å². The highest BCUT2D eigenvalue weighted by Gasteiger charge is 2.25. The van der Waals surface area contributed by atoms with Crippen molar-refractivity contribution >= 4 is 17.4 Å². The first-order valence-electron chi connectivity index (χ1n) is 7.00. The zero-order chi connectivity index (χ0) is 13.8. The lowest BCUT2D eigenvalue weighted by molar-refractivity contribution is 0.0524. The first kappa shape index (κ1) is 14.5. The highest BCUT2D eigenvalue weighted by Crippen LogP contribution is 2.32. The predicted molar refractivity (Wildman–Crippen MR) is 78.0 cm³/mol. The van der Waals surface area contributed by atoms with Crippen molar-refractivity contribution in [2.24, 2.45) is 0 Å². The lowest BCUT2D eigenvalue weighted by Crippen LogP contribution is -2.40. The summed E-state index contributed by atoms with van der Waals surface area (Å²) in [5.74, 6) is 1.29. The summed E-state index contributed by atoms with van der Waals surface area (Å²) in [7, 11) is 0. The van der Waals surface area contributed by atoms with Crippen LogP contribution in [0.1, 0.15) is 45.1 Å². The van der Waals surface area contributed by atoms with Gasteiger partial charge >= 0.3 is 0 Å². The minimum Gasteiger partial charge on any atom is -0.377 e. The number of ether oxygens (including phenoxy) is 1. The molecule has 0 aliphatic carbocycles. The Hall–Kier alpha value is -0.870. The highest BCUT2D eigenvalue weighted by atomic mass is 35.5. The molecular formula is C14H22ClN3O. The fraction of sp³-hybridized carbons (Fsp3) is 0.714. The predicted octanol–water partition coefficient (Wildman–Crippen LogP) is 3.26. The van der Waals surface area contributed by atoms with Crippen LogP contribution in [0.3, 0.4) is 0 Å². The summed E-state index contributed by atoms with van der Waals surface area (Å²) in [5.41, 5.74) is 1.04. The molecule has 0 radical (unpaired) electrons. The summed E-state index contributed by atoms with van der Waals surface area (Å²) in [6.07, 6.45) is 4.10. The van der Waals surface area contributed by atoms with Gasteiger partial charge in [0.25, 0.3) is 0 Å². The van der Waals surface area contributed by atoms with E-state index in [1.807, 2.05) is 6.92 Å². The summed E-state index contributed by atoms with van der Waals surface area (Å²) >= 11 is 6.23. The molecule has 1 aliphatic rings.